The molecule has 2 nitrogen and oxygen atoms in total. The zero-order valence-electron chi connectivity index (χ0n) is 14.3. The Morgan fingerprint density at radius 3 is 2.15 bits per heavy atom. The largest absolute Gasteiger partial charge is 0.455 e. The number of hydrogen-bond acceptors (Lipinski definition) is 2. The van der Waals surface area contributed by atoms with Gasteiger partial charge < -0.3 is 4.42 Å². The van der Waals surface area contributed by atoms with Crippen LogP contribution in [0, 0.1) is 23.7 Å². The molecule has 0 radical (unpaired) electrons. The second kappa shape index (κ2) is 8.38. The fourth-order valence-corrected chi connectivity index (χ4v) is 2.24. The predicted octanol–water partition coefficient (Wildman–Crippen LogP) is 4.70. The van der Waals surface area contributed by atoms with Crippen molar-refractivity contribution in [3.05, 3.63) is 102 Å². The number of rotatable bonds is 2. The Morgan fingerprint density at radius 2 is 1.50 bits per heavy atom. The molecule has 0 N–H and O–H groups in total. The van der Waals surface area contributed by atoms with Gasteiger partial charge in [0.25, 0.3) is 0 Å². The summed E-state index contributed by atoms with van der Waals surface area (Å²) in [5, 5.41) is 0. The monoisotopic (exact) mass is 336 g/mol. The summed E-state index contributed by atoms with van der Waals surface area (Å²) in [6, 6.07) is 20.9. The number of benzene rings is 2. The average Bonchev–Trinajstić information content (AvgIpc) is 3.16. The molecule has 0 spiro atoms. The molecule has 26 heavy (non-hydrogen) atoms. The van der Waals surface area contributed by atoms with E-state index in [2.05, 4.69) is 23.7 Å². The Labute approximate surface area is 153 Å². The third kappa shape index (κ3) is 4.87. The van der Waals surface area contributed by atoms with Gasteiger partial charge in [0, 0.05) is 22.8 Å². The molecule has 0 atom stereocenters. The first-order chi connectivity index (χ1) is 12.7. The van der Waals surface area contributed by atoms with Crippen LogP contribution in [-0.4, -0.2) is 5.78 Å². The number of carbonyl (C=O) groups excluding carboxylic acids is 1. The van der Waals surface area contributed by atoms with Gasteiger partial charge in [-0.1, -0.05) is 48.2 Å². The van der Waals surface area contributed by atoms with E-state index in [4.69, 9.17) is 4.42 Å². The second-order valence-electron chi connectivity index (χ2n) is 5.62. The van der Waals surface area contributed by atoms with Gasteiger partial charge in [0.15, 0.2) is 5.76 Å². The molecule has 0 aliphatic carbocycles. The first kappa shape index (κ1) is 17.1. The minimum atomic E-state index is -0.246. The van der Waals surface area contributed by atoms with Gasteiger partial charge in [-0.2, -0.15) is 0 Å². The van der Waals surface area contributed by atoms with E-state index >= 15 is 0 Å². The van der Waals surface area contributed by atoms with Gasteiger partial charge in [0.1, 0.15) is 0 Å². The molecule has 3 aromatic rings. The molecule has 1 aromatic heterocycles. The van der Waals surface area contributed by atoms with Gasteiger partial charge in [-0.15, -0.1) is 0 Å². The lowest BCUT2D eigenvalue weighted by Crippen LogP contribution is -1.89. The second-order valence-corrected chi connectivity index (χ2v) is 5.62. The number of allylic oxidation sites excluding steroid dienone is 2. The van der Waals surface area contributed by atoms with Gasteiger partial charge in [-0.25, -0.2) is 0 Å². The summed E-state index contributed by atoms with van der Waals surface area (Å²) in [6.45, 7) is 1.85. The molecule has 0 bridgehead atoms. The smallest absolute Gasteiger partial charge is 0.229 e. The summed E-state index contributed by atoms with van der Waals surface area (Å²) in [5.41, 5.74) is 3.34. The van der Waals surface area contributed by atoms with Gasteiger partial charge >= 0.3 is 0 Å². The lowest BCUT2D eigenvalue weighted by Gasteiger charge is -1.92. The number of carbonyl (C=O) groups is 1. The molecule has 0 saturated carbocycles. The zero-order valence-corrected chi connectivity index (χ0v) is 14.3. The average molecular weight is 336 g/mol. The van der Waals surface area contributed by atoms with E-state index in [9.17, 15) is 4.79 Å². The Hall–Kier alpha value is -3.75. The van der Waals surface area contributed by atoms with Gasteiger partial charge in [-0.3, -0.25) is 4.79 Å². The Bertz CT molecular complexity index is 1050. The van der Waals surface area contributed by atoms with Crippen LogP contribution < -0.4 is 0 Å². The zero-order chi connectivity index (χ0) is 18.2. The summed E-state index contributed by atoms with van der Waals surface area (Å²) < 4.78 is 5.46. The van der Waals surface area contributed by atoms with Crippen molar-refractivity contribution in [2.24, 2.45) is 0 Å². The maximum Gasteiger partial charge on any atom is 0.229 e. The number of ketones is 1. The van der Waals surface area contributed by atoms with E-state index in [0.29, 0.717) is 5.76 Å². The standard InChI is InChI=1S/C24H16O2/c1-19(16-23(25)14-12-20-8-4-2-5-9-20)22-17-24(26-18-22)15-13-21-10-6-3-7-11-21/h2-11,16-18H,1H3/b19-16+. The van der Waals surface area contributed by atoms with E-state index in [1.54, 1.807) is 6.26 Å². The summed E-state index contributed by atoms with van der Waals surface area (Å²) >= 11 is 0. The predicted molar refractivity (Wildman–Crippen MR) is 103 cm³/mol. The van der Waals surface area contributed by atoms with Crippen LogP contribution in [0.5, 0.6) is 0 Å². The van der Waals surface area contributed by atoms with Crippen molar-refractivity contribution in [2.45, 2.75) is 6.92 Å². The molecular formula is C24H16O2. The normalized spacial score (nSPS) is 10.3. The van der Waals surface area contributed by atoms with Crippen LogP contribution in [0.2, 0.25) is 0 Å². The van der Waals surface area contributed by atoms with Crippen LogP contribution in [0.15, 0.2) is 83.5 Å². The van der Waals surface area contributed by atoms with E-state index in [1.165, 1.54) is 6.08 Å². The highest BCUT2D eigenvalue weighted by molar-refractivity contribution is 6.08. The summed E-state index contributed by atoms with van der Waals surface area (Å²) in [7, 11) is 0. The van der Waals surface area contributed by atoms with E-state index < -0.39 is 0 Å². The van der Waals surface area contributed by atoms with E-state index in [1.807, 2.05) is 73.7 Å². The molecule has 0 fully saturated rings. The minimum absolute atomic E-state index is 0.246. The minimum Gasteiger partial charge on any atom is -0.455 e. The quantitative estimate of drug-likeness (QED) is 0.501. The van der Waals surface area contributed by atoms with Crippen molar-refractivity contribution < 1.29 is 9.21 Å². The molecule has 0 aliphatic heterocycles. The van der Waals surface area contributed by atoms with Crippen molar-refractivity contribution in [3.63, 3.8) is 0 Å². The molecule has 2 heteroatoms. The summed E-state index contributed by atoms with van der Waals surface area (Å²) in [4.78, 5) is 12.0. The molecule has 3 rings (SSSR count). The molecule has 1 heterocycles. The third-order valence-corrected chi connectivity index (χ3v) is 3.61. The fourth-order valence-electron chi connectivity index (χ4n) is 2.24. The number of hydrogen-bond donors (Lipinski definition) is 0. The van der Waals surface area contributed by atoms with Crippen molar-refractivity contribution in [2.75, 3.05) is 0 Å². The van der Waals surface area contributed by atoms with E-state index in [-0.39, 0.29) is 5.78 Å². The summed E-state index contributed by atoms with van der Waals surface area (Å²) in [5.74, 6) is 11.8. The molecular weight excluding hydrogens is 320 g/mol. The van der Waals surface area contributed by atoms with Crippen molar-refractivity contribution >= 4 is 11.4 Å². The first-order valence-corrected chi connectivity index (χ1v) is 8.16. The van der Waals surface area contributed by atoms with Crippen LogP contribution in [0.25, 0.3) is 5.57 Å². The van der Waals surface area contributed by atoms with Crippen LogP contribution in [0.4, 0.5) is 0 Å². The molecule has 2 aromatic carbocycles. The molecule has 0 saturated heterocycles. The molecule has 124 valence electrons. The van der Waals surface area contributed by atoms with Gasteiger partial charge in [-0.05, 0) is 54.7 Å². The molecule has 0 aliphatic rings. The van der Waals surface area contributed by atoms with Crippen molar-refractivity contribution in [3.8, 4) is 23.7 Å². The topological polar surface area (TPSA) is 30.2 Å². The lowest BCUT2D eigenvalue weighted by molar-refractivity contribution is -0.109. The molecule has 0 amide bonds. The van der Waals surface area contributed by atoms with Crippen LogP contribution in [0.3, 0.4) is 0 Å². The van der Waals surface area contributed by atoms with Gasteiger partial charge in [0.05, 0.1) is 6.26 Å². The Balaban J connectivity index is 1.71. The highest BCUT2D eigenvalue weighted by Gasteiger charge is 2.03. The van der Waals surface area contributed by atoms with Crippen LogP contribution in [0.1, 0.15) is 29.4 Å². The van der Waals surface area contributed by atoms with Crippen LogP contribution in [-0.2, 0) is 4.79 Å². The third-order valence-electron chi connectivity index (χ3n) is 3.61. The van der Waals surface area contributed by atoms with Gasteiger partial charge in [0.2, 0.25) is 5.78 Å². The highest BCUT2D eigenvalue weighted by atomic mass is 16.3. The maximum absolute atomic E-state index is 12.0. The molecule has 0 unspecified atom stereocenters. The first-order valence-electron chi connectivity index (χ1n) is 8.16. The fraction of sp³-hybridized carbons (Fsp3) is 0.0417. The summed E-state index contributed by atoms with van der Waals surface area (Å²) in [6.07, 6.45) is 3.11. The Morgan fingerprint density at radius 1 is 0.885 bits per heavy atom. The lowest BCUT2D eigenvalue weighted by atomic mass is 10.1. The van der Waals surface area contributed by atoms with E-state index in [0.717, 1.165) is 22.3 Å². The number of furan rings is 1. The van der Waals surface area contributed by atoms with Crippen LogP contribution >= 0.6 is 0 Å². The van der Waals surface area contributed by atoms with Crippen molar-refractivity contribution in [1.29, 1.82) is 0 Å². The Kier molecular flexibility index (Phi) is 5.51. The SMILES string of the molecule is C/C(=C\C(=O)C#Cc1ccccc1)c1coc(C#Cc2ccccc2)c1. The maximum atomic E-state index is 12.0. The highest BCUT2D eigenvalue weighted by Crippen LogP contribution is 2.17. The van der Waals surface area contributed by atoms with Crippen molar-refractivity contribution in [1.82, 2.24) is 0 Å².